The maximum atomic E-state index is 6.04. The third-order valence-corrected chi connectivity index (χ3v) is 4.95. The molecular formula is C19H20O3. The highest BCUT2D eigenvalue weighted by atomic mass is 16.5. The summed E-state index contributed by atoms with van der Waals surface area (Å²) in [5, 5.41) is 0. The molecule has 3 heteroatoms. The van der Waals surface area contributed by atoms with Gasteiger partial charge < -0.3 is 14.2 Å². The van der Waals surface area contributed by atoms with E-state index in [1.165, 1.54) is 16.7 Å². The zero-order valence-electron chi connectivity index (χ0n) is 12.9. The second-order valence-electron chi connectivity index (χ2n) is 5.96. The van der Waals surface area contributed by atoms with E-state index in [4.69, 9.17) is 14.2 Å². The second-order valence-corrected chi connectivity index (χ2v) is 5.96. The highest BCUT2D eigenvalue weighted by Crippen LogP contribution is 2.57. The van der Waals surface area contributed by atoms with Crippen LogP contribution >= 0.6 is 0 Å². The fourth-order valence-electron chi connectivity index (χ4n) is 4.03. The third kappa shape index (κ3) is 1.92. The van der Waals surface area contributed by atoms with Crippen LogP contribution in [0.2, 0.25) is 0 Å². The van der Waals surface area contributed by atoms with Gasteiger partial charge in [-0.25, -0.2) is 0 Å². The van der Waals surface area contributed by atoms with Crippen LogP contribution in [0.25, 0.3) is 0 Å². The number of methoxy groups -OCH3 is 2. The fourth-order valence-corrected chi connectivity index (χ4v) is 4.03. The lowest BCUT2D eigenvalue weighted by molar-refractivity contribution is 0.0967. The zero-order chi connectivity index (χ0) is 15.1. The van der Waals surface area contributed by atoms with Gasteiger partial charge in [-0.15, -0.1) is 0 Å². The normalized spacial score (nSPS) is 25.6. The molecular weight excluding hydrogens is 276 g/mol. The van der Waals surface area contributed by atoms with E-state index in [9.17, 15) is 0 Å². The maximum absolute atomic E-state index is 6.04. The van der Waals surface area contributed by atoms with Crippen LogP contribution in [0.5, 0.6) is 11.5 Å². The maximum Gasteiger partial charge on any atom is 0.126 e. The van der Waals surface area contributed by atoms with Crippen molar-refractivity contribution in [2.45, 2.75) is 18.4 Å². The Balaban J connectivity index is 1.92. The molecule has 0 amide bonds. The molecule has 3 nitrogen and oxygen atoms in total. The quantitative estimate of drug-likeness (QED) is 0.859. The van der Waals surface area contributed by atoms with Crippen LogP contribution in [-0.4, -0.2) is 20.8 Å². The minimum atomic E-state index is 0.157. The Morgan fingerprint density at radius 2 is 1.86 bits per heavy atom. The fraction of sp³-hybridized carbons (Fsp3) is 0.368. The minimum Gasteiger partial charge on any atom is -0.497 e. The molecule has 2 aromatic carbocycles. The molecule has 0 aromatic heterocycles. The van der Waals surface area contributed by atoms with Gasteiger partial charge in [-0.3, -0.25) is 0 Å². The summed E-state index contributed by atoms with van der Waals surface area (Å²) < 4.78 is 17.2. The van der Waals surface area contributed by atoms with Crippen LogP contribution in [0.4, 0.5) is 0 Å². The van der Waals surface area contributed by atoms with Crippen molar-refractivity contribution in [3.8, 4) is 11.5 Å². The van der Waals surface area contributed by atoms with E-state index in [0.29, 0.717) is 11.8 Å². The highest BCUT2D eigenvalue weighted by molar-refractivity contribution is 5.56. The predicted octanol–water partition coefficient (Wildman–Crippen LogP) is 3.93. The van der Waals surface area contributed by atoms with Gasteiger partial charge in [0.15, 0.2) is 0 Å². The molecule has 0 radical (unpaired) electrons. The smallest absolute Gasteiger partial charge is 0.126 e. The van der Waals surface area contributed by atoms with Gasteiger partial charge in [-0.1, -0.05) is 30.3 Å². The lowest BCUT2D eigenvalue weighted by Crippen LogP contribution is -2.09. The van der Waals surface area contributed by atoms with Gasteiger partial charge in [0.1, 0.15) is 11.5 Å². The van der Waals surface area contributed by atoms with E-state index in [0.717, 1.165) is 24.5 Å². The van der Waals surface area contributed by atoms with Crippen molar-refractivity contribution in [3.05, 3.63) is 59.2 Å². The summed E-state index contributed by atoms with van der Waals surface area (Å²) in [7, 11) is 3.42. The molecule has 0 spiro atoms. The van der Waals surface area contributed by atoms with Crippen molar-refractivity contribution < 1.29 is 14.2 Å². The molecule has 1 heterocycles. The van der Waals surface area contributed by atoms with Crippen LogP contribution in [-0.2, 0) is 4.74 Å². The Morgan fingerprint density at radius 3 is 2.59 bits per heavy atom. The van der Waals surface area contributed by atoms with Crippen molar-refractivity contribution in [1.82, 2.24) is 0 Å². The number of rotatable bonds is 3. The molecule has 0 unspecified atom stereocenters. The van der Waals surface area contributed by atoms with E-state index in [2.05, 4.69) is 36.4 Å². The van der Waals surface area contributed by atoms with Crippen LogP contribution in [0.3, 0.4) is 0 Å². The summed E-state index contributed by atoms with van der Waals surface area (Å²) in [6, 6.07) is 14.8. The highest BCUT2D eigenvalue weighted by Gasteiger charge is 2.46. The molecule has 3 atom stereocenters. The van der Waals surface area contributed by atoms with Crippen molar-refractivity contribution in [1.29, 1.82) is 0 Å². The summed E-state index contributed by atoms with van der Waals surface area (Å²) in [6.07, 6.45) is 1.24. The summed E-state index contributed by atoms with van der Waals surface area (Å²) in [4.78, 5) is 0. The van der Waals surface area contributed by atoms with E-state index in [1.807, 2.05) is 6.07 Å². The van der Waals surface area contributed by atoms with Crippen LogP contribution in [0.15, 0.2) is 42.5 Å². The molecule has 1 aliphatic carbocycles. The molecule has 2 aromatic rings. The molecule has 1 fully saturated rings. The van der Waals surface area contributed by atoms with Gasteiger partial charge in [-0.2, -0.15) is 0 Å². The van der Waals surface area contributed by atoms with Crippen molar-refractivity contribution >= 4 is 0 Å². The van der Waals surface area contributed by atoms with Gasteiger partial charge in [0, 0.05) is 30.1 Å². The average molecular weight is 296 g/mol. The molecule has 0 N–H and O–H groups in total. The lowest BCUT2D eigenvalue weighted by atomic mass is 9.84. The number of benzene rings is 2. The first-order chi connectivity index (χ1) is 10.8. The number of ether oxygens (including phenoxy) is 3. The Kier molecular flexibility index (Phi) is 3.30. The van der Waals surface area contributed by atoms with Crippen LogP contribution in [0.1, 0.15) is 35.1 Å². The predicted molar refractivity (Wildman–Crippen MR) is 84.6 cm³/mol. The van der Waals surface area contributed by atoms with Gasteiger partial charge in [0.25, 0.3) is 0 Å². The standard InChI is InChI=1S/C19H20O3/c1-20-13-10-15-18(16(11-13)21-2)17(12-6-4-3-5-7-12)14-8-9-22-19(14)15/h3-7,10-11,14,17,19H,8-9H2,1-2H3/t14-,17-,19-/m0/s1. The summed E-state index contributed by atoms with van der Waals surface area (Å²) in [6.45, 7) is 0.831. The van der Waals surface area contributed by atoms with Gasteiger partial charge in [0.2, 0.25) is 0 Å². The molecule has 2 aliphatic rings. The average Bonchev–Trinajstić information content (AvgIpc) is 3.15. The lowest BCUT2D eigenvalue weighted by Gasteiger charge is -2.20. The summed E-state index contributed by atoms with van der Waals surface area (Å²) >= 11 is 0. The number of hydrogen-bond acceptors (Lipinski definition) is 3. The monoisotopic (exact) mass is 296 g/mol. The van der Waals surface area contributed by atoms with Crippen molar-refractivity contribution in [2.75, 3.05) is 20.8 Å². The van der Waals surface area contributed by atoms with E-state index < -0.39 is 0 Å². The zero-order valence-corrected chi connectivity index (χ0v) is 12.9. The van der Waals surface area contributed by atoms with Gasteiger partial charge in [-0.05, 0) is 23.6 Å². The summed E-state index contributed by atoms with van der Waals surface area (Å²) in [5.41, 5.74) is 3.84. The van der Waals surface area contributed by atoms with E-state index >= 15 is 0 Å². The topological polar surface area (TPSA) is 27.7 Å². The number of fused-ring (bicyclic) bond motifs is 3. The van der Waals surface area contributed by atoms with Gasteiger partial charge >= 0.3 is 0 Å². The molecule has 1 saturated heterocycles. The Morgan fingerprint density at radius 1 is 1.05 bits per heavy atom. The third-order valence-electron chi connectivity index (χ3n) is 4.95. The van der Waals surface area contributed by atoms with Crippen molar-refractivity contribution in [3.63, 3.8) is 0 Å². The molecule has 1 aliphatic heterocycles. The minimum absolute atomic E-state index is 0.157. The molecule has 22 heavy (non-hydrogen) atoms. The Hall–Kier alpha value is -2.00. The van der Waals surface area contributed by atoms with Crippen molar-refractivity contribution in [2.24, 2.45) is 5.92 Å². The molecule has 0 bridgehead atoms. The van der Waals surface area contributed by atoms with Gasteiger partial charge in [0.05, 0.1) is 20.3 Å². The number of hydrogen-bond donors (Lipinski definition) is 0. The van der Waals surface area contributed by atoms with E-state index in [1.54, 1.807) is 14.2 Å². The SMILES string of the molecule is COc1cc(OC)c2c(c1)[C@H]1OCC[C@H]1[C@@H]2c1ccccc1. The molecule has 4 rings (SSSR count). The largest absolute Gasteiger partial charge is 0.497 e. The van der Waals surface area contributed by atoms with Crippen LogP contribution in [0, 0.1) is 5.92 Å². The Bertz CT molecular complexity index is 681. The Labute approximate surface area is 130 Å². The molecule has 0 saturated carbocycles. The summed E-state index contributed by atoms with van der Waals surface area (Å²) in [5.74, 6) is 2.56. The first kappa shape index (κ1) is 13.6. The first-order valence-electron chi connectivity index (χ1n) is 7.76. The first-order valence-corrected chi connectivity index (χ1v) is 7.76. The second kappa shape index (κ2) is 5.33. The van der Waals surface area contributed by atoms with Crippen LogP contribution < -0.4 is 9.47 Å². The molecule has 114 valence electrons. The van der Waals surface area contributed by atoms with E-state index in [-0.39, 0.29) is 6.10 Å².